The SMILES string of the molecule is CO[C@H]1C(CO[Si](c2ccccc2)(c2ccccc2)C(C)(C)C)OCC(N=[N+]=[N-])[C@H]1OC(=O)c1ccccc1. The molecule has 9 heteroatoms. The molecule has 4 atom stereocenters. The zero-order valence-corrected chi connectivity index (χ0v) is 23.8. The molecule has 1 fully saturated rings. The van der Waals surface area contributed by atoms with Gasteiger partial charge in [0.15, 0.2) is 0 Å². The fourth-order valence-electron chi connectivity index (χ4n) is 5.32. The highest BCUT2D eigenvalue weighted by molar-refractivity contribution is 6.99. The summed E-state index contributed by atoms with van der Waals surface area (Å²) in [6.45, 7) is 6.89. The number of ether oxygens (including phenoxy) is 3. The van der Waals surface area contributed by atoms with Crippen molar-refractivity contribution < 1.29 is 23.4 Å². The third kappa shape index (κ3) is 6.08. The molecule has 1 saturated heterocycles. The van der Waals surface area contributed by atoms with Crippen LogP contribution in [0.5, 0.6) is 0 Å². The van der Waals surface area contributed by atoms with Crippen LogP contribution in [0.2, 0.25) is 5.04 Å². The molecule has 0 spiro atoms. The van der Waals surface area contributed by atoms with E-state index in [2.05, 4.69) is 55.1 Å². The van der Waals surface area contributed by atoms with Crippen molar-refractivity contribution in [2.75, 3.05) is 20.3 Å². The van der Waals surface area contributed by atoms with Crippen LogP contribution in [-0.4, -0.2) is 59.0 Å². The Morgan fingerprint density at radius 1 is 0.949 bits per heavy atom. The van der Waals surface area contributed by atoms with Crippen LogP contribution in [-0.2, 0) is 18.6 Å². The minimum absolute atomic E-state index is 0.0748. The van der Waals surface area contributed by atoms with Crippen molar-refractivity contribution in [3.63, 3.8) is 0 Å². The van der Waals surface area contributed by atoms with Gasteiger partial charge in [0.2, 0.25) is 0 Å². The molecule has 1 aliphatic rings. The summed E-state index contributed by atoms with van der Waals surface area (Å²) in [5, 5.41) is 5.92. The largest absolute Gasteiger partial charge is 0.455 e. The average Bonchev–Trinajstić information content (AvgIpc) is 2.95. The summed E-state index contributed by atoms with van der Waals surface area (Å²) in [5.41, 5.74) is 9.57. The van der Waals surface area contributed by atoms with Gasteiger partial charge in [0.1, 0.15) is 24.4 Å². The van der Waals surface area contributed by atoms with E-state index in [-0.39, 0.29) is 18.3 Å². The van der Waals surface area contributed by atoms with E-state index in [1.807, 2.05) is 42.5 Å². The highest BCUT2D eigenvalue weighted by Crippen LogP contribution is 2.37. The number of hydrogen-bond acceptors (Lipinski definition) is 6. The maximum atomic E-state index is 13.0. The van der Waals surface area contributed by atoms with Gasteiger partial charge in [-0.3, -0.25) is 0 Å². The van der Waals surface area contributed by atoms with Crippen molar-refractivity contribution in [1.82, 2.24) is 0 Å². The second-order valence-electron chi connectivity index (χ2n) is 10.6. The number of nitrogens with zero attached hydrogens (tertiary/aromatic N) is 3. The Hall–Kier alpha value is -3.46. The summed E-state index contributed by atoms with van der Waals surface area (Å²) in [5.74, 6) is -0.519. The second kappa shape index (κ2) is 12.6. The third-order valence-corrected chi connectivity index (χ3v) is 12.2. The monoisotopic (exact) mass is 545 g/mol. The third-order valence-electron chi connectivity index (χ3n) is 7.16. The summed E-state index contributed by atoms with van der Waals surface area (Å²) in [6, 6.07) is 28.6. The van der Waals surface area contributed by atoms with E-state index in [0.717, 1.165) is 10.4 Å². The van der Waals surface area contributed by atoms with Crippen LogP contribution >= 0.6 is 0 Å². The van der Waals surface area contributed by atoms with Crippen LogP contribution < -0.4 is 10.4 Å². The highest BCUT2D eigenvalue weighted by atomic mass is 28.4. The van der Waals surface area contributed by atoms with Gasteiger partial charge in [0, 0.05) is 12.0 Å². The number of carbonyl (C=O) groups excluding carboxylic acids is 1. The quantitative estimate of drug-likeness (QED) is 0.125. The van der Waals surface area contributed by atoms with E-state index >= 15 is 0 Å². The summed E-state index contributed by atoms with van der Waals surface area (Å²) in [4.78, 5) is 15.9. The minimum atomic E-state index is -2.84. The van der Waals surface area contributed by atoms with E-state index < -0.39 is 38.6 Å². The first-order valence-corrected chi connectivity index (χ1v) is 14.9. The van der Waals surface area contributed by atoms with Crippen LogP contribution in [0.4, 0.5) is 0 Å². The van der Waals surface area contributed by atoms with Gasteiger partial charge in [-0.25, -0.2) is 4.79 Å². The predicted octanol–water partition coefficient (Wildman–Crippen LogP) is 4.88. The minimum Gasteiger partial charge on any atom is -0.455 e. The maximum absolute atomic E-state index is 13.0. The van der Waals surface area contributed by atoms with E-state index in [9.17, 15) is 4.79 Å². The molecule has 0 N–H and O–H groups in total. The molecule has 0 aromatic heterocycles. The molecule has 8 nitrogen and oxygen atoms in total. The zero-order chi connectivity index (χ0) is 27.9. The van der Waals surface area contributed by atoms with Crippen molar-refractivity contribution in [2.45, 2.75) is 50.2 Å². The van der Waals surface area contributed by atoms with Crippen LogP contribution in [0.25, 0.3) is 10.4 Å². The van der Waals surface area contributed by atoms with Crippen LogP contribution in [0, 0.1) is 0 Å². The van der Waals surface area contributed by atoms with Crippen molar-refractivity contribution in [3.8, 4) is 0 Å². The lowest BCUT2D eigenvalue weighted by Crippen LogP contribution is -2.68. The fourth-order valence-corrected chi connectivity index (χ4v) is 9.89. The summed E-state index contributed by atoms with van der Waals surface area (Å²) in [6.07, 6.45) is -2.12. The Labute approximate surface area is 230 Å². The first kappa shape index (κ1) is 28.5. The number of carbonyl (C=O) groups is 1. The molecule has 0 aliphatic carbocycles. The number of benzene rings is 3. The van der Waals surface area contributed by atoms with Gasteiger partial charge in [-0.1, -0.05) is 105 Å². The molecule has 0 amide bonds. The molecular formula is C30H35N3O5Si. The van der Waals surface area contributed by atoms with Gasteiger partial charge >= 0.3 is 5.97 Å². The van der Waals surface area contributed by atoms with Crippen LogP contribution in [0.1, 0.15) is 31.1 Å². The van der Waals surface area contributed by atoms with Gasteiger partial charge in [0.25, 0.3) is 8.32 Å². The molecule has 3 aromatic rings. The molecule has 0 bridgehead atoms. The first-order chi connectivity index (χ1) is 18.8. The molecule has 4 rings (SSSR count). The smallest absolute Gasteiger partial charge is 0.338 e. The Bertz CT molecular complexity index is 1220. The summed E-state index contributed by atoms with van der Waals surface area (Å²) in [7, 11) is -1.31. The molecule has 2 unspecified atom stereocenters. The van der Waals surface area contributed by atoms with Gasteiger partial charge in [0.05, 0.1) is 18.8 Å². The number of rotatable bonds is 9. The lowest BCUT2D eigenvalue weighted by molar-refractivity contribution is -0.167. The first-order valence-electron chi connectivity index (χ1n) is 13.0. The fraction of sp³-hybridized carbons (Fsp3) is 0.367. The maximum Gasteiger partial charge on any atom is 0.338 e. The number of esters is 1. The van der Waals surface area contributed by atoms with Crippen LogP contribution in [0.15, 0.2) is 96.1 Å². The topological polar surface area (TPSA) is 103 Å². The Kier molecular flexibility index (Phi) is 9.22. The Balaban J connectivity index is 1.66. The van der Waals surface area contributed by atoms with E-state index in [0.29, 0.717) is 5.56 Å². The van der Waals surface area contributed by atoms with E-state index in [1.54, 1.807) is 24.3 Å². The lowest BCUT2D eigenvalue weighted by Gasteiger charge is -2.45. The van der Waals surface area contributed by atoms with Gasteiger partial charge < -0.3 is 18.6 Å². The molecule has 1 heterocycles. The van der Waals surface area contributed by atoms with Crippen LogP contribution in [0.3, 0.4) is 0 Å². The Morgan fingerprint density at radius 3 is 1.97 bits per heavy atom. The Morgan fingerprint density at radius 2 is 1.49 bits per heavy atom. The number of hydrogen-bond donors (Lipinski definition) is 0. The highest BCUT2D eigenvalue weighted by Gasteiger charge is 2.52. The van der Waals surface area contributed by atoms with Crippen molar-refractivity contribution >= 4 is 24.7 Å². The summed E-state index contributed by atoms with van der Waals surface area (Å²) < 4.78 is 25.0. The van der Waals surface area contributed by atoms with Gasteiger partial charge in [-0.2, -0.15) is 0 Å². The molecular weight excluding hydrogens is 510 g/mol. The molecule has 0 radical (unpaired) electrons. The van der Waals surface area contributed by atoms with E-state index in [4.69, 9.17) is 24.2 Å². The summed E-state index contributed by atoms with van der Waals surface area (Å²) >= 11 is 0. The average molecular weight is 546 g/mol. The predicted molar refractivity (Wildman–Crippen MR) is 153 cm³/mol. The molecule has 39 heavy (non-hydrogen) atoms. The lowest BCUT2D eigenvalue weighted by atomic mass is 9.98. The number of azide groups is 1. The normalized spacial score (nSPS) is 21.5. The van der Waals surface area contributed by atoms with Gasteiger partial charge in [-0.15, -0.1) is 0 Å². The molecule has 1 aliphatic heterocycles. The standard InChI is InChI=1S/C30H35N3O5Si/c1-30(2,3)39(23-16-10-6-11-17-23,24-18-12-7-13-19-24)37-21-26-28(35-4)27(25(20-36-26)32-33-31)38-29(34)22-14-8-5-9-15-22/h5-19,25-28H,20-21H2,1-4H3/t25?,26?,27-,28+/m1/s1. The molecule has 204 valence electrons. The van der Waals surface area contributed by atoms with Crippen molar-refractivity contribution in [3.05, 3.63) is 107 Å². The number of methoxy groups -OCH3 is 1. The van der Waals surface area contributed by atoms with Crippen molar-refractivity contribution in [2.24, 2.45) is 5.11 Å². The van der Waals surface area contributed by atoms with Crippen molar-refractivity contribution in [1.29, 1.82) is 0 Å². The van der Waals surface area contributed by atoms with Gasteiger partial charge in [-0.05, 0) is 33.1 Å². The zero-order valence-electron chi connectivity index (χ0n) is 22.8. The second-order valence-corrected chi connectivity index (χ2v) is 14.9. The molecule has 0 saturated carbocycles. The van der Waals surface area contributed by atoms with E-state index in [1.165, 1.54) is 7.11 Å². The molecule has 3 aromatic carbocycles.